The summed E-state index contributed by atoms with van der Waals surface area (Å²) in [5.41, 5.74) is 7.67. The third kappa shape index (κ3) is 4.45. The Labute approximate surface area is 188 Å². The number of carbonyl (C=O) groups excluding carboxylic acids is 1. The Morgan fingerprint density at radius 1 is 1.35 bits per heavy atom. The first-order valence-corrected chi connectivity index (χ1v) is 10.5. The van der Waals surface area contributed by atoms with Crippen molar-refractivity contribution in [3.63, 3.8) is 0 Å². The van der Waals surface area contributed by atoms with E-state index in [1.165, 1.54) is 12.1 Å². The van der Waals surface area contributed by atoms with E-state index in [0.29, 0.717) is 35.5 Å². The molecule has 7 nitrogen and oxygen atoms in total. The molecule has 31 heavy (non-hydrogen) atoms. The average Bonchev–Trinajstić information content (AvgIpc) is 3.23. The number of benzene rings is 1. The van der Waals surface area contributed by atoms with Gasteiger partial charge in [0.05, 0.1) is 16.8 Å². The highest BCUT2D eigenvalue weighted by molar-refractivity contribution is 6.36. The number of anilines is 1. The van der Waals surface area contributed by atoms with Gasteiger partial charge >= 0.3 is 0 Å². The van der Waals surface area contributed by atoms with Crippen molar-refractivity contribution >= 4 is 34.9 Å². The first-order valence-electron chi connectivity index (χ1n) is 9.71. The largest absolute Gasteiger partial charge is 0.482 e. The fraction of sp³-hybridized carbons (Fsp3) is 0.286. The predicted octanol–water partition coefficient (Wildman–Crippen LogP) is 4.56. The molecule has 1 unspecified atom stereocenters. The highest BCUT2D eigenvalue weighted by Crippen LogP contribution is 2.37. The van der Waals surface area contributed by atoms with Crippen molar-refractivity contribution in [3.8, 4) is 17.0 Å². The Hall–Kier alpha value is -2.84. The molecule has 0 aliphatic carbocycles. The number of nitrogens with two attached hydrogens (primary N) is 1. The maximum atomic E-state index is 13.9. The van der Waals surface area contributed by atoms with E-state index in [0.717, 1.165) is 6.42 Å². The summed E-state index contributed by atoms with van der Waals surface area (Å²) in [7, 11) is 0. The molecule has 10 heteroatoms. The summed E-state index contributed by atoms with van der Waals surface area (Å²) >= 11 is 12.3. The second kappa shape index (κ2) is 8.72. The second-order valence-corrected chi connectivity index (χ2v) is 8.09. The summed E-state index contributed by atoms with van der Waals surface area (Å²) in [6.45, 7) is 2.32. The smallest absolute Gasteiger partial charge is 0.222 e. The van der Waals surface area contributed by atoms with Crippen molar-refractivity contribution in [3.05, 3.63) is 58.1 Å². The molecule has 1 aliphatic heterocycles. The van der Waals surface area contributed by atoms with E-state index >= 15 is 0 Å². The molecule has 2 aromatic heterocycles. The lowest BCUT2D eigenvalue weighted by molar-refractivity contribution is -0.123. The fourth-order valence-electron chi connectivity index (χ4n) is 3.54. The number of rotatable bonds is 5. The lowest BCUT2D eigenvalue weighted by Crippen LogP contribution is -2.34. The topological polar surface area (TPSA) is 95.1 Å². The van der Waals surface area contributed by atoms with Crippen LogP contribution in [0.15, 0.2) is 36.7 Å². The Bertz CT molecular complexity index is 1140. The van der Waals surface area contributed by atoms with Crippen molar-refractivity contribution in [2.24, 2.45) is 0 Å². The minimum absolute atomic E-state index is 0.0113. The standard InChI is InChI=1S/C21H20Cl2FN5O2/c1-11(19-14(22)2-3-15(24)20(19)23)31-17-8-12(10-27-21(17)25)16-5-7-29(28-16)13-4-6-26-18(30)9-13/h2-3,5,7-8,10-11,13H,4,6,9H2,1H3,(H2,25,27)(H,26,30)/t11-,13?/m1/s1/i4+1,6+1,9+1,13+1,18+1,26+1. The van der Waals surface area contributed by atoms with Gasteiger partial charge in [0.1, 0.15) is 11.9 Å². The molecular formula is C21H20Cl2FN5O2. The van der Waals surface area contributed by atoms with Crippen molar-refractivity contribution in [1.29, 1.82) is 0 Å². The van der Waals surface area contributed by atoms with Crippen LogP contribution in [0.25, 0.3) is 11.3 Å². The summed E-state index contributed by atoms with van der Waals surface area (Å²) in [4.78, 5) is 15.9. The Morgan fingerprint density at radius 2 is 2.16 bits per heavy atom. The van der Waals surface area contributed by atoms with Crippen LogP contribution in [-0.2, 0) is 4.79 Å². The number of ether oxygens (including phenoxy) is 1. The average molecular weight is 470 g/mol. The van der Waals surface area contributed by atoms with E-state index < -0.39 is 11.9 Å². The van der Waals surface area contributed by atoms with Gasteiger partial charge in [0.15, 0.2) is 11.6 Å². The molecular weight excluding hydrogens is 450 g/mol. The molecule has 0 saturated carbocycles. The number of nitrogen functional groups attached to an aromatic ring is 1. The molecule has 1 fully saturated rings. The maximum Gasteiger partial charge on any atom is 0.222 e. The zero-order valence-corrected chi connectivity index (χ0v) is 18.1. The number of nitrogens with zero attached hydrogens (tertiary/aromatic N) is 3. The quantitative estimate of drug-likeness (QED) is 0.324. The number of amides is 1. The third-order valence-corrected chi connectivity index (χ3v) is 5.88. The van der Waals surface area contributed by atoms with Crippen molar-refractivity contribution in [1.82, 2.24) is 20.1 Å². The summed E-state index contributed by atoms with van der Waals surface area (Å²) in [6.07, 6.45) is 3.96. The summed E-state index contributed by atoms with van der Waals surface area (Å²) in [5, 5.41) is 7.60. The molecule has 1 aliphatic rings. The van der Waals surface area contributed by atoms with Gasteiger partial charge in [-0.05, 0) is 37.6 Å². The molecule has 3 aromatic rings. The number of pyridine rings is 1. The molecule has 3 N–H and O–H groups in total. The summed E-state index contributed by atoms with van der Waals surface area (Å²) in [6, 6.07) is 6.18. The van der Waals surface area contributed by atoms with Crippen LogP contribution in [-0.4, -0.2) is 27.2 Å². The van der Waals surface area contributed by atoms with Crippen LogP contribution in [0.3, 0.4) is 0 Å². The zero-order valence-electron chi connectivity index (χ0n) is 16.6. The lowest BCUT2D eigenvalue weighted by atomic mass is 10.1. The molecule has 0 radical (unpaired) electrons. The van der Waals surface area contributed by atoms with Crippen molar-refractivity contribution in [2.45, 2.75) is 31.9 Å². The molecule has 1 aromatic carbocycles. The number of hydrogen-bond acceptors (Lipinski definition) is 5. The fourth-order valence-corrected chi connectivity index (χ4v) is 4.22. The highest BCUT2D eigenvalue weighted by atomic mass is 35.5. The van der Waals surface area contributed by atoms with E-state index in [-0.39, 0.29) is 27.8 Å². The number of hydrogen-bond donors (Lipinski definition) is 2. The van der Waals surface area contributed by atoms with E-state index in [2.05, 4.69) is 15.4 Å². The minimum atomic E-state index is -0.673. The predicted molar refractivity (Wildman–Crippen MR) is 117 cm³/mol. The van der Waals surface area contributed by atoms with Gasteiger partial charge in [-0.3, -0.25) is 9.48 Å². The first kappa shape index (κ1) is 21.4. The number of halogens is 3. The SMILES string of the molecule is C[C@@H](Oc1cc(-c2ccn([13CH]3[13CH2][13CH2][15NH][13C](=O)[13CH2]3)n2)cnc1N)c1c(Cl)ccc(F)c1Cl. The molecule has 3 heterocycles. The number of carbonyl (C=O) groups is 1. The van der Waals surface area contributed by atoms with Gasteiger partial charge in [-0.25, -0.2) is 9.37 Å². The van der Waals surface area contributed by atoms with Crippen LogP contribution in [0.4, 0.5) is 10.2 Å². The van der Waals surface area contributed by atoms with Crippen LogP contribution < -0.4 is 15.8 Å². The molecule has 1 amide bonds. The Balaban J connectivity index is 1.58. The highest BCUT2D eigenvalue weighted by Gasteiger charge is 2.22. The van der Waals surface area contributed by atoms with E-state index in [4.69, 9.17) is 33.7 Å². The summed E-state index contributed by atoms with van der Waals surface area (Å²) in [5.74, 6) is -0.101. The van der Waals surface area contributed by atoms with Gasteiger partial charge in [-0.2, -0.15) is 5.10 Å². The zero-order chi connectivity index (χ0) is 22.1. The van der Waals surface area contributed by atoms with Gasteiger partial charge in [0, 0.05) is 41.5 Å². The Morgan fingerprint density at radius 3 is 2.94 bits per heavy atom. The van der Waals surface area contributed by atoms with Crippen molar-refractivity contribution in [2.75, 3.05) is 12.3 Å². The summed E-state index contributed by atoms with van der Waals surface area (Å²) < 4.78 is 21.6. The number of piperidine rings is 1. The molecule has 1 saturated heterocycles. The maximum absolute atomic E-state index is 13.9. The minimum Gasteiger partial charge on any atom is -0.482 e. The van der Waals surface area contributed by atoms with E-state index in [1.54, 1.807) is 23.9 Å². The lowest BCUT2D eigenvalue weighted by Gasteiger charge is -2.22. The van der Waals surface area contributed by atoms with Crippen LogP contribution in [0.5, 0.6) is 5.75 Å². The van der Waals surface area contributed by atoms with E-state index in [9.17, 15) is 9.18 Å². The molecule has 162 valence electrons. The second-order valence-electron chi connectivity index (χ2n) is 7.30. The van der Waals surface area contributed by atoms with Crippen molar-refractivity contribution < 1.29 is 13.9 Å². The van der Waals surface area contributed by atoms with E-state index in [1.807, 2.05) is 12.3 Å². The molecule has 2 atom stereocenters. The number of aromatic nitrogens is 3. The van der Waals surface area contributed by atoms with Gasteiger partial charge in [-0.15, -0.1) is 0 Å². The monoisotopic (exact) mass is 469 g/mol. The first-order chi connectivity index (χ1) is 14.8. The molecule has 4 rings (SSSR count). The van der Waals surface area contributed by atoms with Crippen LogP contribution in [0, 0.1) is 5.82 Å². The molecule has 0 bridgehead atoms. The normalized spacial score (nSPS) is 17.3. The van der Waals surface area contributed by atoms with Crippen LogP contribution in [0.1, 0.15) is 37.5 Å². The Kier molecular flexibility index (Phi) is 6.02. The van der Waals surface area contributed by atoms with Gasteiger partial charge in [0.2, 0.25) is 5.91 Å². The van der Waals surface area contributed by atoms with Gasteiger partial charge < -0.3 is 15.8 Å². The number of nitrogens with one attached hydrogen (secondary N) is 1. The van der Waals surface area contributed by atoms with Crippen LogP contribution in [0.2, 0.25) is 10.0 Å². The van der Waals surface area contributed by atoms with Crippen LogP contribution >= 0.6 is 23.2 Å². The molecule has 0 spiro atoms. The van der Waals surface area contributed by atoms with Gasteiger partial charge in [-0.1, -0.05) is 23.2 Å². The third-order valence-electron chi connectivity index (χ3n) is 5.17. The van der Waals surface area contributed by atoms with Gasteiger partial charge in [0.25, 0.3) is 0 Å².